The molecule has 5 nitrogen and oxygen atoms in total. The summed E-state index contributed by atoms with van der Waals surface area (Å²) in [5.41, 5.74) is 0.283. The molecule has 1 unspecified atom stereocenters. The molecule has 5 heteroatoms. The Bertz CT molecular complexity index is 859. The van der Waals surface area contributed by atoms with E-state index in [4.69, 9.17) is 4.74 Å². The van der Waals surface area contributed by atoms with Crippen LogP contribution in [-0.4, -0.2) is 23.9 Å². The van der Waals surface area contributed by atoms with Crippen molar-refractivity contribution in [3.05, 3.63) is 59.7 Å². The lowest BCUT2D eigenvalue weighted by Crippen LogP contribution is -2.41. The number of rotatable bonds is 8. The second kappa shape index (κ2) is 8.15. The number of para-hydroxylation sites is 1. The Morgan fingerprint density at radius 2 is 1.82 bits per heavy atom. The Hall–Kier alpha value is -2.66. The number of ether oxygens (including phenoxy) is 1. The number of ketones is 1. The zero-order valence-electron chi connectivity index (χ0n) is 16.6. The fourth-order valence-electron chi connectivity index (χ4n) is 3.57. The predicted octanol–water partition coefficient (Wildman–Crippen LogP) is 3.83. The monoisotopic (exact) mass is 381 g/mol. The molecular weight excluding hydrogens is 354 g/mol. The molecule has 1 aliphatic heterocycles. The van der Waals surface area contributed by atoms with Gasteiger partial charge in [-0.2, -0.15) is 0 Å². The molecule has 1 N–H and O–H groups in total. The second-order valence-electron chi connectivity index (χ2n) is 7.76. The van der Waals surface area contributed by atoms with Crippen LogP contribution in [-0.2, 0) is 21.7 Å². The fourth-order valence-corrected chi connectivity index (χ4v) is 3.57. The third-order valence-electron chi connectivity index (χ3n) is 5.19. The number of carbonyl (C=O) groups is 2. The van der Waals surface area contributed by atoms with E-state index < -0.39 is 11.5 Å². The first-order valence-electron chi connectivity index (χ1n) is 9.63. The van der Waals surface area contributed by atoms with Crippen LogP contribution in [0.1, 0.15) is 44.2 Å². The summed E-state index contributed by atoms with van der Waals surface area (Å²) in [7, 11) is 1.60. The molecule has 0 aliphatic carbocycles. The Kier molecular flexibility index (Phi) is 5.84. The molecular formula is C23H27NO4. The Labute approximate surface area is 165 Å². The van der Waals surface area contributed by atoms with Crippen molar-refractivity contribution in [2.45, 2.75) is 45.3 Å². The number of methoxy groups -OCH3 is 1. The Balaban J connectivity index is 1.85. The van der Waals surface area contributed by atoms with Gasteiger partial charge in [0, 0.05) is 18.4 Å². The highest BCUT2D eigenvalue weighted by Gasteiger charge is 2.50. The minimum Gasteiger partial charge on any atom is -0.497 e. The molecule has 0 fully saturated rings. The van der Waals surface area contributed by atoms with Gasteiger partial charge in [0.2, 0.25) is 0 Å². The molecule has 1 amide bonds. The zero-order valence-corrected chi connectivity index (χ0v) is 16.6. The van der Waals surface area contributed by atoms with Gasteiger partial charge in [0.25, 0.3) is 5.91 Å². The van der Waals surface area contributed by atoms with Gasteiger partial charge in [-0.25, -0.2) is 0 Å². The van der Waals surface area contributed by atoms with Crippen molar-refractivity contribution in [1.82, 2.24) is 0 Å². The van der Waals surface area contributed by atoms with Gasteiger partial charge in [0.15, 0.2) is 5.60 Å². The summed E-state index contributed by atoms with van der Waals surface area (Å²) in [6, 6.07) is 14.6. The quantitative estimate of drug-likeness (QED) is 0.755. The summed E-state index contributed by atoms with van der Waals surface area (Å²) in [5.74, 6) is 0.606. The Morgan fingerprint density at radius 1 is 1.14 bits per heavy atom. The normalized spacial score (nSPS) is 18.5. The third kappa shape index (κ3) is 3.94. The third-order valence-corrected chi connectivity index (χ3v) is 5.19. The second-order valence-corrected chi connectivity index (χ2v) is 7.76. The number of carbonyl (C=O) groups excluding carboxylic acids is 2. The van der Waals surface area contributed by atoms with E-state index in [1.807, 2.05) is 36.4 Å². The maximum atomic E-state index is 13.2. The molecule has 2 aromatic carbocycles. The highest BCUT2D eigenvalue weighted by atomic mass is 16.5. The smallest absolute Gasteiger partial charge is 0.264 e. The summed E-state index contributed by atoms with van der Waals surface area (Å²) >= 11 is 0. The van der Waals surface area contributed by atoms with Crippen molar-refractivity contribution in [3.63, 3.8) is 0 Å². The van der Waals surface area contributed by atoms with Gasteiger partial charge in [-0.3, -0.25) is 9.59 Å². The van der Waals surface area contributed by atoms with E-state index in [1.165, 1.54) is 0 Å². The van der Waals surface area contributed by atoms with E-state index in [9.17, 15) is 14.7 Å². The number of fused-ring (bicyclic) bond motifs is 1. The van der Waals surface area contributed by atoms with Crippen molar-refractivity contribution in [1.29, 1.82) is 0 Å². The molecule has 1 aliphatic rings. The maximum Gasteiger partial charge on any atom is 0.264 e. The van der Waals surface area contributed by atoms with E-state index in [0.29, 0.717) is 30.1 Å². The molecule has 0 spiro atoms. The van der Waals surface area contributed by atoms with Crippen LogP contribution >= 0.6 is 0 Å². The standard InChI is InChI=1S/C23H27NO4/c1-16(2)8-11-18(25)14-23(27)20-6-4-5-7-21(20)24(22(23)26)15-17-9-12-19(28-3)13-10-17/h4-7,9-10,12-13,16,27H,8,11,14-15H2,1-3H3. The first kappa shape index (κ1) is 20.1. The van der Waals surface area contributed by atoms with Crippen LogP contribution < -0.4 is 9.64 Å². The average Bonchev–Trinajstić information content (AvgIpc) is 2.89. The molecule has 28 heavy (non-hydrogen) atoms. The molecule has 148 valence electrons. The van der Waals surface area contributed by atoms with Crippen molar-refractivity contribution in [2.24, 2.45) is 5.92 Å². The highest BCUT2D eigenvalue weighted by Crippen LogP contribution is 2.43. The lowest BCUT2D eigenvalue weighted by molar-refractivity contribution is -0.142. The topological polar surface area (TPSA) is 66.8 Å². The van der Waals surface area contributed by atoms with E-state index in [-0.39, 0.29) is 12.2 Å². The minimum atomic E-state index is -1.79. The van der Waals surface area contributed by atoms with Gasteiger partial charge in [0.1, 0.15) is 11.5 Å². The van der Waals surface area contributed by atoms with Gasteiger partial charge >= 0.3 is 0 Å². The van der Waals surface area contributed by atoms with E-state index in [0.717, 1.165) is 17.7 Å². The van der Waals surface area contributed by atoms with E-state index in [2.05, 4.69) is 13.8 Å². The number of aliphatic hydroxyl groups is 1. The largest absolute Gasteiger partial charge is 0.497 e. The van der Waals surface area contributed by atoms with Gasteiger partial charge in [-0.05, 0) is 36.1 Å². The van der Waals surface area contributed by atoms with Crippen LogP contribution in [0.2, 0.25) is 0 Å². The molecule has 1 atom stereocenters. The van der Waals surface area contributed by atoms with Crippen molar-refractivity contribution < 1.29 is 19.4 Å². The highest BCUT2D eigenvalue weighted by molar-refractivity contribution is 6.08. The van der Waals surface area contributed by atoms with E-state index >= 15 is 0 Å². The van der Waals surface area contributed by atoms with Crippen molar-refractivity contribution >= 4 is 17.4 Å². The summed E-state index contributed by atoms with van der Waals surface area (Å²) < 4.78 is 5.18. The number of Topliss-reactive ketones (excluding diaryl/α,β-unsaturated/α-hetero) is 1. The first-order valence-corrected chi connectivity index (χ1v) is 9.63. The molecule has 0 saturated heterocycles. The minimum absolute atomic E-state index is 0.0920. The van der Waals surface area contributed by atoms with Crippen LogP contribution in [0.4, 0.5) is 5.69 Å². The SMILES string of the molecule is COc1ccc(CN2C(=O)C(O)(CC(=O)CCC(C)C)c3ccccc32)cc1. The van der Waals surface area contributed by atoms with Crippen LogP contribution in [0.25, 0.3) is 0 Å². The number of hydrogen-bond donors (Lipinski definition) is 1. The predicted molar refractivity (Wildman–Crippen MR) is 108 cm³/mol. The van der Waals surface area contributed by atoms with E-state index in [1.54, 1.807) is 24.1 Å². The van der Waals surface area contributed by atoms with Crippen molar-refractivity contribution in [2.75, 3.05) is 12.0 Å². The summed E-state index contributed by atoms with van der Waals surface area (Å²) in [6.07, 6.45) is 0.933. The fraction of sp³-hybridized carbons (Fsp3) is 0.391. The summed E-state index contributed by atoms with van der Waals surface area (Å²) in [6.45, 7) is 4.42. The van der Waals surface area contributed by atoms with Crippen LogP contribution in [0.15, 0.2) is 48.5 Å². The molecule has 3 rings (SSSR count). The van der Waals surface area contributed by atoms with Gasteiger partial charge in [0.05, 0.1) is 19.3 Å². The lowest BCUT2D eigenvalue weighted by Gasteiger charge is -2.23. The molecule has 2 aromatic rings. The molecule has 0 bridgehead atoms. The maximum absolute atomic E-state index is 13.2. The number of hydrogen-bond acceptors (Lipinski definition) is 4. The summed E-state index contributed by atoms with van der Waals surface area (Å²) in [4.78, 5) is 27.2. The average molecular weight is 381 g/mol. The van der Waals surface area contributed by atoms with Crippen LogP contribution in [0.5, 0.6) is 5.75 Å². The number of benzene rings is 2. The molecule has 0 radical (unpaired) electrons. The van der Waals surface area contributed by atoms with Gasteiger partial charge in [-0.1, -0.05) is 44.2 Å². The zero-order chi connectivity index (χ0) is 20.3. The number of amides is 1. The van der Waals surface area contributed by atoms with Crippen LogP contribution in [0.3, 0.4) is 0 Å². The summed E-state index contributed by atoms with van der Waals surface area (Å²) in [5, 5.41) is 11.2. The first-order chi connectivity index (χ1) is 13.3. The van der Waals surface area contributed by atoms with Gasteiger partial charge in [-0.15, -0.1) is 0 Å². The van der Waals surface area contributed by atoms with Crippen molar-refractivity contribution in [3.8, 4) is 5.75 Å². The number of nitrogens with zero attached hydrogens (tertiary/aromatic N) is 1. The molecule has 1 heterocycles. The molecule has 0 saturated carbocycles. The van der Waals surface area contributed by atoms with Crippen LogP contribution in [0, 0.1) is 5.92 Å². The Morgan fingerprint density at radius 3 is 2.46 bits per heavy atom. The van der Waals surface area contributed by atoms with Gasteiger partial charge < -0.3 is 14.7 Å². The lowest BCUT2D eigenvalue weighted by atomic mass is 9.88. The number of anilines is 1. The molecule has 0 aromatic heterocycles.